The molecule has 0 spiro atoms. The third-order valence-electron chi connectivity index (χ3n) is 4.01. The van der Waals surface area contributed by atoms with Crippen LogP contribution in [0.3, 0.4) is 0 Å². The number of hydrogen-bond donors (Lipinski definition) is 1. The van der Waals surface area contributed by atoms with E-state index in [1.54, 1.807) is 12.1 Å². The van der Waals surface area contributed by atoms with Crippen molar-refractivity contribution in [2.45, 2.75) is 12.7 Å². The number of aliphatic carboxylic acids is 1. The van der Waals surface area contributed by atoms with Crippen molar-refractivity contribution in [3.05, 3.63) is 65.7 Å². The number of carbonyl (C=O) groups excluding carboxylic acids is 1. The molecule has 0 aromatic heterocycles. The number of carbonyl (C=O) groups is 2. The van der Waals surface area contributed by atoms with Gasteiger partial charge in [-0.15, -0.1) is 0 Å². The Morgan fingerprint density at radius 3 is 2.60 bits per heavy atom. The normalized spacial score (nSPS) is 17.1. The fourth-order valence-electron chi connectivity index (χ4n) is 2.69. The summed E-state index contributed by atoms with van der Waals surface area (Å²) in [7, 11) is 0. The van der Waals surface area contributed by atoms with Crippen LogP contribution in [0, 0.1) is 0 Å². The Balaban J connectivity index is 1.73. The molecule has 1 aliphatic rings. The summed E-state index contributed by atoms with van der Waals surface area (Å²) in [5, 5.41) is 9.09. The molecule has 0 aliphatic carbocycles. The Hall–Kier alpha value is -2.86. The summed E-state index contributed by atoms with van der Waals surface area (Å²) in [6.45, 7) is 0.891. The molecule has 0 saturated carbocycles. The zero-order chi connectivity index (χ0) is 17.6. The monoisotopic (exact) mass is 341 g/mol. The van der Waals surface area contributed by atoms with Gasteiger partial charge in [-0.2, -0.15) is 0 Å². The molecule has 6 heteroatoms. The molecule has 1 atom stereocenters. The van der Waals surface area contributed by atoms with E-state index in [1.165, 1.54) is 4.90 Å². The number of amides is 1. The van der Waals surface area contributed by atoms with Crippen molar-refractivity contribution in [1.29, 1.82) is 0 Å². The molecule has 25 heavy (non-hydrogen) atoms. The van der Waals surface area contributed by atoms with Gasteiger partial charge < -0.3 is 19.5 Å². The topological polar surface area (TPSA) is 76.1 Å². The van der Waals surface area contributed by atoms with Crippen LogP contribution in [0.15, 0.2) is 54.6 Å². The van der Waals surface area contributed by atoms with Gasteiger partial charge >= 0.3 is 5.97 Å². The number of carboxylic acid groups (broad SMARTS) is 1. The van der Waals surface area contributed by atoms with Crippen LogP contribution >= 0.6 is 0 Å². The van der Waals surface area contributed by atoms with Gasteiger partial charge in [0.25, 0.3) is 5.91 Å². The first-order valence-corrected chi connectivity index (χ1v) is 8.04. The van der Waals surface area contributed by atoms with Gasteiger partial charge in [0.15, 0.2) is 6.10 Å². The standard InChI is InChI=1S/C19H19NO5/c21-18(20-10-11-24-17(12-20)19(22)23)16-9-5-4-6-14(16)13-25-15-7-2-1-3-8-15/h1-9,17H,10-13H2,(H,22,23). The van der Waals surface area contributed by atoms with Crippen molar-refractivity contribution >= 4 is 11.9 Å². The summed E-state index contributed by atoms with van der Waals surface area (Å²) in [6, 6.07) is 16.6. The lowest BCUT2D eigenvalue weighted by Gasteiger charge is -2.31. The van der Waals surface area contributed by atoms with Gasteiger partial charge in [-0.05, 0) is 18.2 Å². The van der Waals surface area contributed by atoms with Crippen molar-refractivity contribution in [2.24, 2.45) is 0 Å². The van der Waals surface area contributed by atoms with Crippen molar-refractivity contribution in [3.63, 3.8) is 0 Å². The predicted molar refractivity (Wildman–Crippen MR) is 90.5 cm³/mol. The van der Waals surface area contributed by atoms with E-state index in [2.05, 4.69) is 0 Å². The van der Waals surface area contributed by atoms with Gasteiger partial charge in [0, 0.05) is 17.7 Å². The molecule has 1 N–H and O–H groups in total. The molecule has 2 aromatic rings. The van der Waals surface area contributed by atoms with Crippen LogP contribution in [-0.2, 0) is 16.1 Å². The van der Waals surface area contributed by atoms with Gasteiger partial charge in [-0.1, -0.05) is 36.4 Å². The Kier molecular flexibility index (Phi) is 5.30. The molecule has 1 unspecified atom stereocenters. The minimum Gasteiger partial charge on any atom is -0.489 e. The van der Waals surface area contributed by atoms with Gasteiger partial charge in [0.1, 0.15) is 12.4 Å². The molecule has 1 heterocycles. The van der Waals surface area contributed by atoms with Crippen LogP contribution in [-0.4, -0.2) is 47.7 Å². The summed E-state index contributed by atoms with van der Waals surface area (Å²) in [6.07, 6.45) is -0.981. The van der Waals surface area contributed by atoms with Crippen LogP contribution in [0.2, 0.25) is 0 Å². The molecule has 0 bridgehead atoms. The molecular weight excluding hydrogens is 322 g/mol. The van der Waals surface area contributed by atoms with Crippen LogP contribution < -0.4 is 4.74 Å². The number of para-hydroxylation sites is 1. The summed E-state index contributed by atoms with van der Waals surface area (Å²) >= 11 is 0. The molecule has 6 nitrogen and oxygen atoms in total. The number of morpholine rings is 1. The van der Waals surface area contributed by atoms with Crippen molar-refractivity contribution < 1.29 is 24.2 Å². The maximum absolute atomic E-state index is 12.8. The second-order valence-electron chi connectivity index (χ2n) is 5.71. The highest BCUT2D eigenvalue weighted by molar-refractivity contribution is 5.96. The van der Waals surface area contributed by atoms with Crippen LogP contribution in [0.25, 0.3) is 0 Å². The lowest BCUT2D eigenvalue weighted by molar-refractivity contribution is -0.154. The highest BCUT2D eigenvalue weighted by Crippen LogP contribution is 2.18. The van der Waals surface area contributed by atoms with E-state index in [4.69, 9.17) is 14.6 Å². The minimum absolute atomic E-state index is 0.0437. The van der Waals surface area contributed by atoms with E-state index in [1.807, 2.05) is 42.5 Å². The Morgan fingerprint density at radius 1 is 1.12 bits per heavy atom. The molecule has 3 rings (SSSR count). The molecule has 1 amide bonds. The fraction of sp³-hybridized carbons (Fsp3) is 0.263. The fourth-order valence-corrected chi connectivity index (χ4v) is 2.69. The van der Waals surface area contributed by atoms with E-state index in [-0.39, 0.29) is 25.7 Å². The quantitative estimate of drug-likeness (QED) is 0.902. The number of rotatable bonds is 5. The zero-order valence-corrected chi connectivity index (χ0v) is 13.6. The molecule has 2 aromatic carbocycles. The highest BCUT2D eigenvalue weighted by Gasteiger charge is 2.30. The smallest absolute Gasteiger partial charge is 0.334 e. The van der Waals surface area contributed by atoms with E-state index in [0.29, 0.717) is 12.1 Å². The lowest BCUT2D eigenvalue weighted by Crippen LogP contribution is -2.48. The summed E-state index contributed by atoms with van der Waals surface area (Å²) < 4.78 is 10.9. The SMILES string of the molecule is O=C(O)C1CN(C(=O)c2ccccc2COc2ccccc2)CCO1. The van der Waals surface area contributed by atoms with Crippen molar-refractivity contribution in [2.75, 3.05) is 19.7 Å². The number of nitrogens with zero attached hydrogens (tertiary/aromatic N) is 1. The first-order valence-electron chi connectivity index (χ1n) is 8.04. The Morgan fingerprint density at radius 2 is 1.84 bits per heavy atom. The molecule has 130 valence electrons. The molecule has 1 fully saturated rings. The molecule has 0 radical (unpaired) electrons. The van der Waals surface area contributed by atoms with Gasteiger partial charge in [0.05, 0.1) is 13.2 Å². The van der Waals surface area contributed by atoms with Gasteiger partial charge in [0.2, 0.25) is 0 Å². The lowest BCUT2D eigenvalue weighted by atomic mass is 10.1. The maximum Gasteiger partial charge on any atom is 0.334 e. The van der Waals surface area contributed by atoms with Crippen LogP contribution in [0.5, 0.6) is 5.75 Å². The largest absolute Gasteiger partial charge is 0.489 e. The number of ether oxygens (including phenoxy) is 2. The van der Waals surface area contributed by atoms with Crippen molar-refractivity contribution in [1.82, 2.24) is 4.90 Å². The number of hydrogen-bond acceptors (Lipinski definition) is 4. The van der Waals surface area contributed by atoms with E-state index in [9.17, 15) is 9.59 Å². The first-order chi connectivity index (χ1) is 12.1. The summed E-state index contributed by atoms with van der Waals surface area (Å²) in [5.74, 6) is -0.540. The summed E-state index contributed by atoms with van der Waals surface area (Å²) in [4.78, 5) is 25.4. The summed E-state index contributed by atoms with van der Waals surface area (Å²) in [5.41, 5.74) is 1.28. The molecular formula is C19H19NO5. The second kappa shape index (κ2) is 7.81. The minimum atomic E-state index is -1.06. The van der Waals surface area contributed by atoms with Crippen LogP contribution in [0.1, 0.15) is 15.9 Å². The van der Waals surface area contributed by atoms with E-state index < -0.39 is 12.1 Å². The van der Waals surface area contributed by atoms with Crippen LogP contribution in [0.4, 0.5) is 0 Å². The average Bonchev–Trinajstić information content (AvgIpc) is 2.67. The maximum atomic E-state index is 12.8. The molecule has 1 saturated heterocycles. The third kappa shape index (κ3) is 4.16. The van der Waals surface area contributed by atoms with E-state index in [0.717, 1.165) is 11.3 Å². The predicted octanol–water partition coefficient (Wildman–Crippen LogP) is 2.19. The third-order valence-corrected chi connectivity index (χ3v) is 4.01. The van der Waals surface area contributed by atoms with E-state index >= 15 is 0 Å². The second-order valence-corrected chi connectivity index (χ2v) is 5.71. The first kappa shape index (κ1) is 17.0. The number of benzene rings is 2. The van der Waals surface area contributed by atoms with Gasteiger partial charge in [-0.3, -0.25) is 4.79 Å². The zero-order valence-electron chi connectivity index (χ0n) is 13.6. The Labute approximate surface area is 145 Å². The van der Waals surface area contributed by atoms with Gasteiger partial charge in [-0.25, -0.2) is 4.79 Å². The highest BCUT2D eigenvalue weighted by atomic mass is 16.5. The average molecular weight is 341 g/mol. The molecule has 1 aliphatic heterocycles. The number of carboxylic acids is 1. The van der Waals surface area contributed by atoms with Crippen molar-refractivity contribution in [3.8, 4) is 5.75 Å². The Bertz CT molecular complexity index is 746.